The highest BCUT2D eigenvalue weighted by molar-refractivity contribution is 6.30. The molecular weight excluding hydrogens is 274 g/mol. The second-order valence-electron chi connectivity index (χ2n) is 4.53. The van der Waals surface area contributed by atoms with Crippen molar-refractivity contribution in [3.8, 4) is 22.4 Å². The molecule has 0 unspecified atom stereocenters. The lowest BCUT2D eigenvalue weighted by molar-refractivity contribution is 0.439. The Morgan fingerprint density at radius 3 is 2.55 bits per heavy atom. The molecule has 2 aromatic heterocycles. The third-order valence-electron chi connectivity index (χ3n) is 3.00. The second kappa shape index (κ2) is 4.98. The van der Waals surface area contributed by atoms with E-state index in [1.807, 2.05) is 37.3 Å². The van der Waals surface area contributed by atoms with Crippen molar-refractivity contribution in [3.63, 3.8) is 0 Å². The lowest BCUT2D eigenvalue weighted by atomic mass is 10.0. The monoisotopic (exact) mass is 285 g/mol. The molecule has 0 aliphatic carbocycles. The first-order chi connectivity index (χ1) is 9.65. The van der Waals surface area contributed by atoms with Crippen molar-refractivity contribution in [2.75, 3.05) is 5.73 Å². The highest BCUT2D eigenvalue weighted by Gasteiger charge is 2.17. The smallest absolute Gasteiger partial charge is 0.230 e. The molecule has 2 heterocycles. The van der Waals surface area contributed by atoms with Gasteiger partial charge in [0.1, 0.15) is 5.69 Å². The average molecular weight is 286 g/mol. The van der Waals surface area contributed by atoms with Crippen LogP contribution in [0.15, 0.2) is 47.2 Å². The molecule has 0 atom stereocenters. The number of anilines is 1. The van der Waals surface area contributed by atoms with Gasteiger partial charge >= 0.3 is 0 Å². The van der Waals surface area contributed by atoms with Crippen LogP contribution in [0, 0.1) is 6.92 Å². The van der Waals surface area contributed by atoms with Crippen LogP contribution in [-0.2, 0) is 0 Å². The Labute approximate surface area is 121 Å². The van der Waals surface area contributed by atoms with E-state index in [1.54, 1.807) is 12.4 Å². The van der Waals surface area contributed by atoms with Gasteiger partial charge in [-0.2, -0.15) is 0 Å². The van der Waals surface area contributed by atoms with Crippen LogP contribution >= 0.6 is 11.6 Å². The molecule has 1 aromatic carbocycles. The summed E-state index contributed by atoms with van der Waals surface area (Å²) in [6.45, 7) is 1.97. The number of nitrogen functional groups attached to an aromatic ring is 1. The van der Waals surface area contributed by atoms with Gasteiger partial charge in [-0.05, 0) is 36.2 Å². The van der Waals surface area contributed by atoms with Gasteiger partial charge < -0.3 is 10.3 Å². The summed E-state index contributed by atoms with van der Waals surface area (Å²) in [7, 11) is 0. The van der Waals surface area contributed by atoms with E-state index in [9.17, 15) is 0 Å². The standard InChI is InChI=1S/C15H12ClN3O/c1-9-6-11(8-18-7-9)14-13(15(17)20-19-14)10-2-4-12(16)5-3-10/h2-8H,17H2,1H3. The van der Waals surface area contributed by atoms with Crippen LogP contribution in [0.1, 0.15) is 5.56 Å². The fourth-order valence-electron chi connectivity index (χ4n) is 2.08. The molecule has 0 radical (unpaired) electrons. The molecule has 0 spiro atoms. The molecule has 0 fully saturated rings. The molecule has 3 aromatic rings. The van der Waals surface area contributed by atoms with Gasteiger partial charge in [-0.25, -0.2) is 0 Å². The summed E-state index contributed by atoms with van der Waals surface area (Å²) in [5.41, 5.74) is 10.2. The summed E-state index contributed by atoms with van der Waals surface area (Å²) < 4.78 is 5.14. The molecule has 0 amide bonds. The number of aromatic nitrogens is 2. The van der Waals surface area contributed by atoms with Gasteiger partial charge in [-0.15, -0.1) is 0 Å². The quantitative estimate of drug-likeness (QED) is 0.774. The Hall–Kier alpha value is -2.33. The third kappa shape index (κ3) is 2.26. The molecule has 0 aliphatic heterocycles. The molecule has 100 valence electrons. The van der Waals surface area contributed by atoms with Crippen molar-refractivity contribution in [2.24, 2.45) is 0 Å². The zero-order valence-electron chi connectivity index (χ0n) is 10.8. The van der Waals surface area contributed by atoms with E-state index in [0.29, 0.717) is 10.7 Å². The van der Waals surface area contributed by atoms with Crippen LogP contribution in [-0.4, -0.2) is 10.1 Å². The van der Waals surface area contributed by atoms with Crippen LogP contribution in [0.4, 0.5) is 5.88 Å². The summed E-state index contributed by atoms with van der Waals surface area (Å²) in [6, 6.07) is 9.38. The molecule has 20 heavy (non-hydrogen) atoms. The number of pyridine rings is 1. The molecular formula is C15H12ClN3O. The van der Waals surface area contributed by atoms with Crippen molar-refractivity contribution in [2.45, 2.75) is 6.92 Å². The van der Waals surface area contributed by atoms with Gasteiger partial charge in [-0.3, -0.25) is 4.98 Å². The maximum Gasteiger partial charge on any atom is 0.230 e. The van der Waals surface area contributed by atoms with Crippen molar-refractivity contribution in [1.82, 2.24) is 10.1 Å². The first-order valence-electron chi connectivity index (χ1n) is 6.08. The minimum Gasteiger partial charge on any atom is -0.367 e. The molecule has 0 aliphatic rings. The van der Waals surface area contributed by atoms with Gasteiger partial charge in [0.2, 0.25) is 5.88 Å². The van der Waals surface area contributed by atoms with Crippen molar-refractivity contribution in [1.29, 1.82) is 0 Å². The van der Waals surface area contributed by atoms with Crippen LogP contribution in [0.2, 0.25) is 5.02 Å². The number of benzene rings is 1. The zero-order chi connectivity index (χ0) is 14.1. The molecule has 0 saturated heterocycles. The average Bonchev–Trinajstić information content (AvgIpc) is 2.82. The Balaban J connectivity index is 2.17. The van der Waals surface area contributed by atoms with Gasteiger partial charge in [0, 0.05) is 23.0 Å². The summed E-state index contributed by atoms with van der Waals surface area (Å²) in [6.07, 6.45) is 3.53. The molecule has 4 nitrogen and oxygen atoms in total. The first-order valence-corrected chi connectivity index (χ1v) is 6.46. The predicted molar refractivity (Wildman–Crippen MR) is 79.3 cm³/mol. The Morgan fingerprint density at radius 1 is 1.10 bits per heavy atom. The summed E-state index contributed by atoms with van der Waals surface area (Å²) in [5, 5.41) is 4.72. The number of hydrogen-bond acceptors (Lipinski definition) is 4. The number of nitrogens with zero attached hydrogens (tertiary/aromatic N) is 2. The van der Waals surface area contributed by atoms with E-state index in [1.165, 1.54) is 0 Å². The number of hydrogen-bond donors (Lipinski definition) is 1. The zero-order valence-corrected chi connectivity index (χ0v) is 11.6. The van der Waals surface area contributed by atoms with Crippen LogP contribution in [0.5, 0.6) is 0 Å². The molecule has 5 heteroatoms. The van der Waals surface area contributed by atoms with Gasteiger partial charge in [0.25, 0.3) is 0 Å². The number of aryl methyl sites for hydroxylation is 1. The van der Waals surface area contributed by atoms with E-state index in [-0.39, 0.29) is 5.88 Å². The third-order valence-corrected chi connectivity index (χ3v) is 3.25. The van der Waals surface area contributed by atoms with Gasteiger partial charge in [-0.1, -0.05) is 28.9 Å². The van der Waals surface area contributed by atoms with Crippen molar-refractivity contribution in [3.05, 3.63) is 53.3 Å². The first kappa shape index (κ1) is 12.7. The van der Waals surface area contributed by atoms with E-state index in [2.05, 4.69) is 10.1 Å². The molecule has 0 bridgehead atoms. The highest BCUT2D eigenvalue weighted by Crippen LogP contribution is 2.36. The number of nitrogens with two attached hydrogens (primary N) is 1. The lowest BCUT2D eigenvalue weighted by Gasteiger charge is -2.03. The summed E-state index contributed by atoms with van der Waals surface area (Å²) in [5.74, 6) is 0.281. The molecule has 0 saturated carbocycles. The fraction of sp³-hybridized carbons (Fsp3) is 0.0667. The van der Waals surface area contributed by atoms with E-state index in [4.69, 9.17) is 21.9 Å². The van der Waals surface area contributed by atoms with Crippen LogP contribution in [0.3, 0.4) is 0 Å². The summed E-state index contributed by atoms with van der Waals surface area (Å²) >= 11 is 5.91. The van der Waals surface area contributed by atoms with Crippen molar-refractivity contribution < 1.29 is 4.52 Å². The number of halogens is 1. The maximum absolute atomic E-state index is 5.91. The molecule has 3 rings (SSSR count). The Bertz CT molecular complexity index is 750. The van der Waals surface area contributed by atoms with E-state index < -0.39 is 0 Å². The molecule has 2 N–H and O–H groups in total. The van der Waals surface area contributed by atoms with Crippen LogP contribution < -0.4 is 5.73 Å². The fourth-order valence-corrected chi connectivity index (χ4v) is 2.21. The predicted octanol–water partition coefficient (Wildman–Crippen LogP) is 3.95. The van der Waals surface area contributed by atoms with E-state index in [0.717, 1.165) is 22.3 Å². The van der Waals surface area contributed by atoms with Gasteiger partial charge in [0.15, 0.2) is 0 Å². The lowest BCUT2D eigenvalue weighted by Crippen LogP contribution is -1.89. The topological polar surface area (TPSA) is 64.9 Å². The second-order valence-corrected chi connectivity index (χ2v) is 4.96. The Kier molecular flexibility index (Phi) is 3.16. The largest absolute Gasteiger partial charge is 0.367 e. The van der Waals surface area contributed by atoms with Crippen molar-refractivity contribution >= 4 is 17.5 Å². The minimum atomic E-state index is 0.281. The minimum absolute atomic E-state index is 0.281. The van der Waals surface area contributed by atoms with Crippen LogP contribution in [0.25, 0.3) is 22.4 Å². The maximum atomic E-state index is 5.91. The van der Waals surface area contributed by atoms with Gasteiger partial charge in [0.05, 0.1) is 5.56 Å². The Morgan fingerprint density at radius 2 is 1.85 bits per heavy atom. The SMILES string of the molecule is Cc1cncc(-c2noc(N)c2-c2ccc(Cl)cc2)c1. The number of rotatable bonds is 2. The highest BCUT2D eigenvalue weighted by atomic mass is 35.5. The summed E-state index contributed by atoms with van der Waals surface area (Å²) in [4.78, 5) is 4.18. The van der Waals surface area contributed by atoms with E-state index >= 15 is 0 Å². The normalized spacial score (nSPS) is 10.7.